The second kappa shape index (κ2) is 9.15. The van der Waals surface area contributed by atoms with E-state index in [1.807, 2.05) is 30.3 Å². The molecule has 1 aromatic heterocycles. The maximum absolute atomic E-state index is 13.5. The lowest BCUT2D eigenvalue weighted by Crippen LogP contribution is -2.29. The molecule has 8 nitrogen and oxygen atoms in total. The van der Waals surface area contributed by atoms with Gasteiger partial charge in [0.15, 0.2) is 6.61 Å². The Morgan fingerprint density at radius 1 is 1.09 bits per heavy atom. The number of nitrogens with two attached hydrogens (primary N) is 1. The molecule has 0 unspecified atom stereocenters. The Bertz CT molecular complexity index is 1420. The number of aromatic nitrogens is 2. The number of para-hydroxylation sites is 1. The van der Waals surface area contributed by atoms with Gasteiger partial charge < -0.3 is 20.5 Å². The van der Waals surface area contributed by atoms with Crippen LogP contribution < -0.4 is 10.5 Å². The number of H-pyrrole nitrogens is 1. The largest absolute Gasteiger partial charge is 0.507 e. The minimum Gasteiger partial charge on any atom is -0.507 e. The normalized spacial score (nSPS) is 14.7. The van der Waals surface area contributed by atoms with Crippen LogP contribution in [0.2, 0.25) is 5.02 Å². The number of primary amides is 1. The Balaban J connectivity index is 1.60. The third kappa shape index (κ3) is 4.20. The number of carbonyl (C=O) groups excluding carboxylic acids is 2. The van der Waals surface area contributed by atoms with Crippen molar-refractivity contribution in [3.05, 3.63) is 100 Å². The topological polar surface area (TPSA) is 122 Å². The summed E-state index contributed by atoms with van der Waals surface area (Å²) in [6.45, 7) is 0.0367. The average Bonchev–Trinajstić information content (AvgIpc) is 3.39. The van der Waals surface area contributed by atoms with Gasteiger partial charge in [0.2, 0.25) is 0 Å². The Kier molecular flexibility index (Phi) is 5.88. The van der Waals surface area contributed by atoms with E-state index in [1.165, 1.54) is 0 Å². The zero-order valence-corrected chi connectivity index (χ0v) is 19.2. The second-order valence-electron chi connectivity index (χ2n) is 8.13. The molecule has 0 fully saturated rings. The van der Waals surface area contributed by atoms with E-state index in [4.69, 9.17) is 22.1 Å². The second-order valence-corrected chi connectivity index (χ2v) is 8.54. The van der Waals surface area contributed by atoms with Crippen LogP contribution in [-0.2, 0) is 11.3 Å². The number of hydrogen-bond donors (Lipinski definition) is 3. The van der Waals surface area contributed by atoms with Crippen molar-refractivity contribution in [3.63, 3.8) is 0 Å². The number of aromatic amines is 1. The van der Waals surface area contributed by atoms with Gasteiger partial charge in [0.1, 0.15) is 22.9 Å². The fraction of sp³-hybridized carbons (Fsp3) is 0.115. The van der Waals surface area contributed by atoms with Gasteiger partial charge in [-0.2, -0.15) is 5.10 Å². The molecule has 35 heavy (non-hydrogen) atoms. The van der Waals surface area contributed by atoms with Gasteiger partial charge in [-0.15, -0.1) is 0 Å². The number of amides is 2. The third-order valence-corrected chi connectivity index (χ3v) is 6.27. The predicted octanol–water partition coefficient (Wildman–Crippen LogP) is 4.05. The van der Waals surface area contributed by atoms with Crippen molar-refractivity contribution in [2.75, 3.05) is 6.61 Å². The first-order valence-electron chi connectivity index (χ1n) is 10.9. The molecule has 2 heterocycles. The number of carbonyl (C=O) groups is 2. The van der Waals surface area contributed by atoms with Crippen LogP contribution in [0.5, 0.6) is 11.5 Å². The van der Waals surface area contributed by atoms with Gasteiger partial charge in [-0.1, -0.05) is 54.1 Å². The molecule has 0 aliphatic carbocycles. The summed E-state index contributed by atoms with van der Waals surface area (Å²) in [5.41, 5.74) is 8.79. The summed E-state index contributed by atoms with van der Waals surface area (Å²) in [5, 5.41) is 18.3. The molecule has 0 saturated heterocycles. The van der Waals surface area contributed by atoms with E-state index in [0.717, 1.165) is 11.1 Å². The highest BCUT2D eigenvalue weighted by Crippen LogP contribution is 2.45. The molecule has 4 N–H and O–H groups in total. The fourth-order valence-corrected chi connectivity index (χ4v) is 4.49. The first kappa shape index (κ1) is 22.5. The van der Waals surface area contributed by atoms with Gasteiger partial charge in [0.05, 0.1) is 6.04 Å². The smallest absolute Gasteiger partial charge is 0.273 e. The molecule has 0 bridgehead atoms. The molecule has 2 amide bonds. The minimum absolute atomic E-state index is 0.0627. The van der Waals surface area contributed by atoms with Gasteiger partial charge in [-0.25, -0.2) is 0 Å². The molecule has 5 rings (SSSR count). The number of nitrogens with one attached hydrogen (secondary N) is 1. The molecule has 1 atom stereocenters. The number of fused-ring (bicyclic) bond motifs is 1. The molecule has 1 aliphatic rings. The van der Waals surface area contributed by atoms with E-state index < -0.39 is 11.9 Å². The Labute approximate surface area is 205 Å². The Hall–Kier alpha value is -4.30. The summed E-state index contributed by atoms with van der Waals surface area (Å²) in [6.07, 6.45) is 0. The SMILES string of the molecule is NC(=O)COc1ccc([C@H]2c3c(-c4ccccc4O)n[nH]c3C(=O)N2Cc2ccccc2Cl)cc1. The van der Waals surface area contributed by atoms with Crippen LogP contribution in [0.25, 0.3) is 11.3 Å². The van der Waals surface area contributed by atoms with Crippen LogP contribution in [0.3, 0.4) is 0 Å². The number of nitrogens with zero attached hydrogens (tertiary/aromatic N) is 2. The molecule has 0 spiro atoms. The molecule has 3 aromatic carbocycles. The number of aromatic hydroxyl groups is 1. The lowest BCUT2D eigenvalue weighted by molar-refractivity contribution is -0.119. The van der Waals surface area contributed by atoms with Gasteiger partial charge >= 0.3 is 0 Å². The lowest BCUT2D eigenvalue weighted by Gasteiger charge is -2.27. The molecule has 9 heteroatoms. The summed E-state index contributed by atoms with van der Waals surface area (Å²) < 4.78 is 5.38. The number of hydrogen-bond acceptors (Lipinski definition) is 5. The highest BCUT2D eigenvalue weighted by atomic mass is 35.5. The Morgan fingerprint density at radius 3 is 2.51 bits per heavy atom. The van der Waals surface area contributed by atoms with E-state index in [2.05, 4.69) is 10.2 Å². The third-order valence-electron chi connectivity index (χ3n) is 5.90. The lowest BCUT2D eigenvalue weighted by atomic mass is 9.95. The quantitative estimate of drug-likeness (QED) is 0.362. The summed E-state index contributed by atoms with van der Waals surface area (Å²) in [5.74, 6) is -0.263. The Morgan fingerprint density at radius 2 is 1.80 bits per heavy atom. The van der Waals surface area contributed by atoms with Crippen LogP contribution >= 0.6 is 11.6 Å². The van der Waals surface area contributed by atoms with Crippen molar-refractivity contribution < 1.29 is 19.4 Å². The highest BCUT2D eigenvalue weighted by Gasteiger charge is 2.42. The average molecular weight is 489 g/mol. The van der Waals surface area contributed by atoms with Crippen molar-refractivity contribution in [3.8, 4) is 22.8 Å². The van der Waals surface area contributed by atoms with Crippen LogP contribution in [0.15, 0.2) is 72.8 Å². The van der Waals surface area contributed by atoms with Crippen LogP contribution in [-0.4, -0.2) is 38.6 Å². The maximum atomic E-state index is 13.5. The first-order valence-corrected chi connectivity index (χ1v) is 11.2. The molecule has 176 valence electrons. The van der Waals surface area contributed by atoms with Gasteiger partial charge in [-0.3, -0.25) is 14.7 Å². The number of benzene rings is 3. The van der Waals surface area contributed by atoms with Gasteiger partial charge in [-0.05, 0) is 41.5 Å². The molecule has 0 radical (unpaired) electrons. The first-order chi connectivity index (χ1) is 16.9. The van der Waals surface area contributed by atoms with Crippen molar-refractivity contribution in [2.45, 2.75) is 12.6 Å². The van der Waals surface area contributed by atoms with E-state index in [-0.39, 0.29) is 24.8 Å². The van der Waals surface area contributed by atoms with Crippen molar-refractivity contribution >= 4 is 23.4 Å². The molecule has 4 aromatic rings. The number of ether oxygens (including phenoxy) is 1. The van der Waals surface area contributed by atoms with E-state index in [1.54, 1.807) is 47.4 Å². The summed E-state index contributed by atoms with van der Waals surface area (Å²) in [6, 6.07) is 20.8. The number of phenols is 1. The maximum Gasteiger partial charge on any atom is 0.273 e. The molecule has 1 aliphatic heterocycles. The molecular formula is C26H21ClN4O4. The van der Waals surface area contributed by atoms with Gasteiger partial charge in [0, 0.05) is 22.7 Å². The molecular weight excluding hydrogens is 468 g/mol. The summed E-state index contributed by atoms with van der Waals surface area (Å²) >= 11 is 6.41. The predicted molar refractivity (Wildman–Crippen MR) is 130 cm³/mol. The minimum atomic E-state index is -0.572. The fourth-order valence-electron chi connectivity index (χ4n) is 4.30. The van der Waals surface area contributed by atoms with Crippen molar-refractivity contribution in [1.82, 2.24) is 15.1 Å². The standard InChI is InChI=1S/C26H21ClN4O4/c27-19-7-3-1-5-16(19)13-31-25(15-9-11-17(12-10-15)35-14-21(28)33)22-23(29-30-24(22)26(31)34)18-6-2-4-8-20(18)32/h1-12,25,32H,13-14H2,(H2,28,33)(H,29,30)/t25-/m0/s1. The van der Waals surface area contributed by atoms with Crippen LogP contribution in [0.4, 0.5) is 0 Å². The monoisotopic (exact) mass is 488 g/mol. The zero-order chi connectivity index (χ0) is 24.5. The highest BCUT2D eigenvalue weighted by molar-refractivity contribution is 6.31. The molecule has 0 saturated carbocycles. The van der Waals surface area contributed by atoms with E-state index in [0.29, 0.717) is 33.3 Å². The van der Waals surface area contributed by atoms with Crippen molar-refractivity contribution in [1.29, 1.82) is 0 Å². The number of rotatable bonds is 7. The summed E-state index contributed by atoms with van der Waals surface area (Å²) in [7, 11) is 0. The van der Waals surface area contributed by atoms with E-state index >= 15 is 0 Å². The number of phenolic OH excluding ortho intramolecular Hbond substituents is 1. The van der Waals surface area contributed by atoms with Gasteiger partial charge in [0.25, 0.3) is 11.8 Å². The zero-order valence-electron chi connectivity index (χ0n) is 18.4. The van der Waals surface area contributed by atoms with Crippen molar-refractivity contribution in [2.24, 2.45) is 5.73 Å². The van der Waals surface area contributed by atoms with E-state index in [9.17, 15) is 14.7 Å². The summed E-state index contributed by atoms with van der Waals surface area (Å²) in [4.78, 5) is 26.3. The van der Waals surface area contributed by atoms with Crippen LogP contribution in [0.1, 0.15) is 33.2 Å². The number of halogens is 1. The van der Waals surface area contributed by atoms with Crippen LogP contribution in [0, 0.1) is 0 Å².